The third kappa shape index (κ3) is 30.4. The summed E-state index contributed by atoms with van der Waals surface area (Å²) in [5, 5.41) is 0. The third-order valence-electron chi connectivity index (χ3n) is 8.65. The molecule has 0 fully saturated rings. The highest BCUT2D eigenvalue weighted by atomic mass is 16.6. The Kier molecular flexibility index (Phi) is 31.6. The zero-order valence-electron chi connectivity index (χ0n) is 29.6. The maximum atomic E-state index is 12.6. The van der Waals surface area contributed by atoms with Crippen LogP contribution in [0.1, 0.15) is 201 Å². The van der Waals surface area contributed by atoms with E-state index in [9.17, 15) is 14.4 Å². The highest BCUT2D eigenvalue weighted by Crippen LogP contribution is 2.16. The molecule has 0 rings (SSSR count). The summed E-state index contributed by atoms with van der Waals surface area (Å²) in [6, 6.07) is 0. The number of ether oxygens (including phenoxy) is 3. The molecule has 0 saturated heterocycles. The van der Waals surface area contributed by atoms with Crippen LogP contribution in [0.15, 0.2) is 0 Å². The van der Waals surface area contributed by atoms with Crippen LogP contribution in [0.4, 0.5) is 0 Å². The summed E-state index contributed by atoms with van der Waals surface area (Å²) in [5.74, 6) is -0.0384. The fourth-order valence-electron chi connectivity index (χ4n) is 5.36. The van der Waals surface area contributed by atoms with Crippen molar-refractivity contribution < 1.29 is 28.6 Å². The minimum absolute atomic E-state index is 0.0667. The molecule has 0 radical (unpaired) electrons. The van der Waals surface area contributed by atoms with Gasteiger partial charge in [-0.1, -0.05) is 163 Å². The lowest BCUT2D eigenvalue weighted by Crippen LogP contribution is -2.30. The topological polar surface area (TPSA) is 78.9 Å². The number of carbonyl (C=O) groups excluding carboxylic acids is 3. The fourth-order valence-corrected chi connectivity index (χ4v) is 5.36. The van der Waals surface area contributed by atoms with Gasteiger partial charge in [-0.3, -0.25) is 14.4 Å². The van der Waals surface area contributed by atoms with E-state index in [1.165, 1.54) is 89.9 Å². The molecule has 260 valence electrons. The molecule has 0 spiro atoms. The average molecular weight is 625 g/mol. The highest BCUT2D eigenvalue weighted by Gasteiger charge is 2.19. The van der Waals surface area contributed by atoms with E-state index >= 15 is 0 Å². The van der Waals surface area contributed by atoms with Crippen molar-refractivity contribution in [3.63, 3.8) is 0 Å². The zero-order valence-corrected chi connectivity index (χ0v) is 29.6. The van der Waals surface area contributed by atoms with E-state index in [0.717, 1.165) is 70.1 Å². The van der Waals surface area contributed by atoms with Crippen LogP contribution in [0.3, 0.4) is 0 Å². The highest BCUT2D eigenvalue weighted by molar-refractivity contribution is 5.71. The Labute approximate surface area is 272 Å². The first-order valence-corrected chi connectivity index (χ1v) is 18.9. The summed E-state index contributed by atoms with van der Waals surface area (Å²) in [4.78, 5) is 37.1. The van der Waals surface area contributed by atoms with Crippen molar-refractivity contribution in [2.24, 2.45) is 5.92 Å². The maximum Gasteiger partial charge on any atom is 0.306 e. The summed E-state index contributed by atoms with van der Waals surface area (Å²) < 4.78 is 16.5. The molecule has 0 N–H and O–H groups in total. The Morgan fingerprint density at radius 2 is 0.795 bits per heavy atom. The van der Waals surface area contributed by atoms with Crippen molar-refractivity contribution in [2.75, 3.05) is 13.2 Å². The lowest BCUT2D eigenvalue weighted by molar-refractivity contribution is -0.167. The van der Waals surface area contributed by atoms with Gasteiger partial charge in [0.1, 0.15) is 13.2 Å². The quantitative estimate of drug-likeness (QED) is 0.0410. The molecule has 44 heavy (non-hydrogen) atoms. The van der Waals surface area contributed by atoms with E-state index in [0.29, 0.717) is 19.3 Å². The second-order valence-electron chi connectivity index (χ2n) is 13.1. The summed E-state index contributed by atoms with van der Waals surface area (Å²) >= 11 is 0. The summed E-state index contributed by atoms with van der Waals surface area (Å²) in [5.41, 5.74) is 0. The normalized spacial score (nSPS) is 12.5. The van der Waals surface area contributed by atoms with E-state index in [1.54, 1.807) is 0 Å². The Balaban J connectivity index is 4.30. The van der Waals surface area contributed by atoms with Gasteiger partial charge >= 0.3 is 17.9 Å². The lowest BCUT2D eigenvalue weighted by atomic mass is 9.99. The van der Waals surface area contributed by atoms with Crippen molar-refractivity contribution in [3.8, 4) is 0 Å². The van der Waals surface area contributed by atoms with Crippen LogP contribution in [-0.2, 0) is 28.6 Å². The van der Waals surface area contributed by atoms with Gasteiger partial charge in [0.25, 0.3) is 0 Å². The molecule has 0 heterocycles. The Morgan fingerprint density at radius 3 is 1.18 bits per heavy atom. The fraction of sp³-hybridized carbons (Fsp3) is 0.921. The molecule has 0 aromatic heterocycles. The number of hydrogen-bond donors (Lipinski definition) is 0. The van der Waals surface area contributed by atoms with Crippen molar-refractivity contribution in [2.45, 2.75) is 207 Å². The van der Waals surface area contributed by atoms with E-state index in [2.05, 4.69) is 27.7 Å². The van der Waals surface area contributed by atoms with Gasteiger partial charge in [-0.15, -0.1) is 0 Å². The number of carbonyl (C=O) groups is 3. The van der Waals surface area contributed by atoms with Gasteiger partial charge in [0.05, 0.1) is 0 Å². The van der Waals surface area contributed by atoms with Crippen molar-refractivity contribution in [3.05, 3.63) is 0 Å². The Hall–Kier alpha value is -1.59. The molecule has 0 bridgehead atoms. The smallest absolute Gasteiger partial charge is 0.306 e. The minimum Gasteiger partial charge on any atom is -0.462 e. The first-order valence-electron chi connectivity index (χ1n) is 18.9. The van der Waals surface area contributed by atoms with Gasteiger partial charge in [-0.2, -0.15) is 0 Å². The molecule has 0 aromatic rings. The number of rotatable bonds is 33. The molecular weight excluding hydrogens is 552 g/mol. The van der Waals surface area contributed by atoms with Crippen molar-refractivity contribution in [1.29, 1.82) is 0 Å². The van der Waals surface area contributed by atoms with Crippen LogP contribution in [0.5, 0.6) is 0 Å². The van der Waals surface area contributed by atoms with Crippen LogP contribution in [0, 0.1) is 5.92 Å². The molecular formula is C38H72O6. The summed E-state index contributed by atoms with van der Waals surface area (Å²) in [7, 11) is 0. The largest absolute Gasteiger partial charge is 0.462 e. The van der Waals surface area contributed by atoms with E-state index < -0.39 is 6.10 Å². The van der Waals surface area contributed by atoms with Crippen molar-refractivity contribution >= 4 is 17.9 Å². The van der Waals surface area contributed by atoms with Gasteiger partial charge in [0, 0.05) is 19.3 Å². The molecule has 1 unspecified atom stereocenters. The molecule has 0 aliphatic carbocycles. The lowest BCUT2D eigenvalue weighted by Gasteiger charge is -2.18. The molecule has 6 nitrogen and oxygen atoms in total. The molecule has 0 amide bonds. The molecule has 0 aromatic carbocycles. The van der Waals surface area contributed by atoms with Crippen LogP contribution in [0.2, 0.25) is 0 Å². The molecule has 6 heteroatoms. The van der Waals surface area contributed by atoms with Gasteiger partial charge < -0.3 is 14.2 Å². The predicted octanol–water partition coefficient (Wildman–Crippen LogP) is 11.2. The molecule has 0 saturated carbocycles. The third-order valence-corrected chi connectivity index (χ3v) is 8.65. The van der Waals surface area contributed by atoms with Crippen LogP contribution in [-0.4, -0.2) is 37.2 Å². The molecule has 0 aliphatic heterocycles. The van der Waals surface area contributed by atoms with E-state index in [4.69, 9.17) is 14.2 Å². The van der Waals surface area contributed by atoms with Gasteiger partial charge in [0.15, 0.2) is 6.10 Å². The molecule has 2 atom stereocenters. The Morgan fingerprint density at radius 1 is 0.455 bits per heavy atom. The second-order valence-corrected chi connectivity index (χ2v) is 13.1. The summed E-state index contributed by atoms with van der Waals surface area (Å²) in [6.45, 7) is 8.86. The SMILES string of the molecule is CCCCCCCCCCCC(=O)OC[C@H](COC(=O)CCCCCCC)OC(=O)CCCCCCCCCCC(C)CC. The number of unbranched alkanes of at least 4 members (excludes halogenated alkanes) is 19. The second kappa shape index (κ2) is 32.8. The van der Waals surface area contributed by atoms with Crippen LogP contribution in [0.25, 0.3) is 0 Å². The summed E-state index contributed by atoms with van der Waals surface area (Å²) in [6.07, 6.45) is 28.2. The first-order chi connectivity index (χ1) is 21.4. The van der Waals surface area contributed by atoms with Gasteiger partial charge in [-0.05, 0) is 25.2 Å². The Bertz CT molecular complexity index is 664. The number of hydrogen-bond acceptors (Lipinski definition) is 6. The van der Waals surface area contributed by atoms with Crippen molar-refractivity contribution in [1.82, 2.24) is 0 Å². The standard InChI is InChI=1S/C38H72O6/c1-5-8-10-12-13-14-18-22-26-30-37(40)43-33-35(32-42-36(39)29-25-20-11-9-6-2)44-38(41)31-27-23-19-16-15-17-21-24-28-34(4)7-3/h34-35H,5-33H2,1-4H3/t34?,35-/m0/s1. The monoisotopic (exact) mass is 625 g/mol. The van der Waals surface area contributed by atoms with Crippen LogP contribution >= 0.6 is 0 Å². The minimum atomic E-state index is -0.756. The van der Waals surface area contributed by atoms with E-state index in [-0.39, 0.29) is 31.1 Å². The first kappa shape index (κ1) is 42.4. The van der Waals surface area contributed by atoms with Gasteiger partial charge in [-0.25, -0.2) is 0 Å². The maximum absolute atomic E-state index is 12.6. The number of esters is 3. The molecule has 0 aliphatic rings. The zero-order chi connectivity index (χ0) is 32.5. The van der Waals surface area contributed by atoms with Crippen LogP contribution < -0.4 is 0 Å². The van der Waals surface area contributed by atoms with Gasteiger partial charge in [0.2, 0.25) is 0 Å². The average Bonchev–Trinajstić information content (AvgIpc) is 3.02. The van der Waals surface area contributed by atoms with E-state index in [1.807, 2.05) is 0 Å². The predicted molar refractivity (Wildman–Crippen MR) is 183 cm³/mol.